The predicted molar refractivity (Wildman–Crippen MR) is 121 cm³/mol. The number of halogens is 1. The summed E-state index contributed by atoms with van der Waals surface area (Å²) >= 11 is 0. The van der Waals surface area contributed by atoms with Crippen LogP contribution in [0.2, 0.25) is 0 Å². The van der Waals surface area contributed by atoms with Crippen LogP contribution in [0.3, 0.4) is 0 Å². The van der Waals surface area contributed by atoms with E-state index in [1.165, 1.54) is 44.5 Å². The first kappa shape index (κ1) is 20.8. The van der Waals surface area contributed by atoms with Crippen LogP contribution >= 0.6 is 12.4 Å². The van der Waals surface area contributed by atoms with Gasteiger partial charge in [-0.25, -0.2) is 0 Å². The summed E-state index contributed by atoms with van der Waals surface area (Å²) in [6.07, 6.45) is 20.4. The molecule has 5 heteroatoms. The summed E-state index contributed by atoms with van der Waals surface area (Å²) < 4.78 is 5.57. The first-order chi connectivity index (χ1) is 13.7. The molecular formula is C24H34ClN3O. The van der Waals surface area contributed by atoms with Crippen molar-refractivity contribution in [3.05, 3.63) is 59.6 Å². The summed E-state index contributed by atoms with van der Waals surface area (Å²) in [5, 5.41) is 0. The number of hydrogen-bond acceptors (Lipinski definition) is 4. The van der Waals surface area contributed by atoms with Gasteiger partial charge in [0.15, 0.2) is 0 Å². The number of piperidine rings is 1. The molecule has 2 saturated heterocycles. The van der Waals surface area contributed by atoms with Crippen molar-refractivity contribution in [1.29, 1.82) is 0 Å². The third-order valence-corrected chi connectivity index (χ3v) is 7.40. The van der Waals surface area contributed by atoms with Crippen molar-refractivity contribution in [2.75, 3.05) is 46.9 Å². The van der Waals surface area contributed by atoms with Crippen LogP contribution in [0.5, 0.6) is 0 Å². The Morgan fingerprint density at radius 1 is 1.00 bits per heavy atom. The second-order valence-corrected chi connectivity index (χ2v) is 8.91. The molecule has 5 aliphatic rings. The van der Waals surface area contributed by atoms with Crippen molar-refractivity contribution in [1.82, 2.24) is 14.7 Å². The van der Waals surface area contributed by atoms with Gasteiger partial charge < -0.3 is 14.5 Å². The maximum Gasteiger partial charge on any atom is 0.114 e. The van der Waals surface area contributed by atoms with E-state index in [9.17, 15) is 0 Å². The molecule has 4 nitrogen and oxygen atoms in total. The largest absolute Gasteiger partial charge is 0.497 e. The van der Waals surface area contributed by atoms with Crippen LogP contribution in [-0.4, -0.2) is 73.7 Å². The molecule has 0 radical (unpaired) electrons. The van der Waals surface area contributed by atoms with Crippen molar-refractivity contribution in [3.63, 3.8) is 0 Å². The lowest BCUT2D eigenvalue weighted by atomic mass is 9.75. The van der Waals surface area contributed by atoms with E-state index in [0.29, 0.717) is 23.9 Å². The van der Waals surface area contributed by atoms with Gasteiger partial charge in [0.05, 0.1) is 7.11 Å². The monoisotopic (exact) mass is 415 g/mol. The van der Waals surface area contributed by atoms with Gasteiger partial charge in [-0.2, -0.15) is 0 Å². The Labute approximate surface area is 181 Å². The normalized spacial score (nSPS) is 33.7. The molecule has 0 aromatic heterocycles. The van der Waals surface area contributed by atoms with E-state index < -0.39 is 0 Å². The Morgan fingerprint density at radius 2 is 1.79 bits per heavy atom. The molecule has 0 bridgehead atoms. The number of fused-ring (bicyclic) bond motifs is 4. The molecule has 5 rings (SSSR count). The lowest BCUT2D eigenvalue weighted by Crippen LogP contribution is -2.40. The molecule has 0 amide bonds. The number of hydrogen-bond donors (Lipinski definition) is 0. The molecule has 0 spiro atoms. The molecule has 158 valence electrons. The van der Waals surface area contributed by atoms with Crippen LogP contribution in [0, 0.1) is 11.8 Å². The highest BCUT2D eigenvalue weighted by atomic mass is 35.5. The molecule has 0 saturated carbocycles. The number of likely N-dealkylation sites (N-methyl/N-ethyl adjacent to an activating group) is 1. The molecule has 4 unspecified atom stereocenters. The summed E-state index contributed by atoms with van der Waals surface area (Å²) in [4.78, 5) is 7.73. The van der Waals surface area contributed by atoms with Gasteiger partial charge in [-0.3, -0.25) is 4.90 Å². The van der Waals surface area contributed by atoms with Gasteiger partial charge in [0.1, 0.15) is 5.76 Å². The van der Waals surface area contributed by atoms with E-state index in [1.807, 2.05) is 0 Å². The van der Waals surface area contributed by atoms with Crippen LogP contribution in [-0.2, 0) is 4.74 Å². The van der Waals surface area contributed by atoms with Crippen LogP contribution in [0.25, 0.3) is 0 Å². The molecule has 4 atom stereocenters. The van der Waals surface area contributed by atoms with Crippen LogP contribution in [0.4, 0.5) is 0 Å². The molecule has 0 aromatic rings. The summed E-state index contributed by atoms with van der Waals surface area (Å²) in [7, 11) is 4.06. The summed E-state index contributed by atoms with van der Waals surface area (Å²) in [5.74, 6) is 2.06. The minimum Gasteiger partial charge on any atom is -0.497 e. The van der Waals surface area contributed by atoms with E-state index in [2.05, 4.69) is 64.4 Å². The third kappa shape index (κ3) is 3.83. The summed E-state index contributed by atoms with van der Waals surface area (Å²) in [5.41, 5.74) is 3.06. The van der Waals surface area contributed by atoms with E-state index in [4.69, 9.17) is 4.74 Å². The number of likely N-dealkylation sites (tertiary alicyclic amines) is 2. The minimum absolute atomic E-state index is 0. The van der Waals surface area contributed by atoms with Gasteiger partial charge in [-0.15, -0.1) is 12.4 Å². The average molecular weight is 416 g/mol. The SMILES string of the molecule is COC1=CC2C3C4=C(C=CC3N(C)C2C=C1)C=CN(CCN1CCCCC1)C4.Cl. The van der Waals surface area contributed by atoms with E-state index >= 15 is 0 Å². The van der Waals surface area contributed by atoms with Gasteiger partial charge in [0, 0.05) is 43.6 Å². The number of methoxy groups -OCH3 is 1. The molecular weight excluding hydrogens is 382 g/mol. The number of nitrogens with zero attached hydrogens (tertiary/aromatic N) is 3. The Kier molecular flexibility index (Phi) is 6.24. The lowest BCUT2D eigenvalue weighted by molar-refractivity contribution is 0.204. The molecule has 0 aromatic carbocycles. The van der Waals surface area contributed by atoms with E-state index in [1.54, 1.807) is 12.7 Å². The zero-order chi connectivity index (χ0) is 19.1. The van der Waals surface area contributed by atoms with Gasteiger partial charge in [-0.05, 0) is 68.6 Å². The van der Waals surface area contributed by atoms with Crippen molar-refractivity contribution in [3.8, 4) is 0 Å². The van der Waals surface area contributed by atoms with E-state index in [0.717, 1.165) is 18.8 Å². The van der Waals surface area contributed by atoms with Crippen LogP contribution in [0.15, 0.2) is 59.6 Å². The highest BCUT2D eigenvalue weighted by molar-refractivity contribution is 5.85. The van der Waals surface area contributed by atoms with Crippen molar-refractivity contribution in [2.45, 2.75) is 31.3 Å². The summed E-state index contributed by atoms with van der Waals surface area (Å²) in [6.45, 7) is 5.97. The van der Waals surface area contributed by atoms with E-state index in [-0.39, 0.29) is 12.4 Å². The maximum atomic E-state index is 5.57. The standard InChI is InChI=1S/C24H33N3O.ClH/c1-25-22-9-7-19(28-2)16-20(22)24-21-17-27(13-10-18(21)6-8-23(24)25)15-14-26-11-4-3-5-12-26;/h6-10,13,16,20,22-24H,3-5,11-12,14-15,17H2,1-2H3;1H. The Morgan fingerprint density at radius 3 is 2.59 bits per heavy atom. The molecule has 3 heterocycles. The predicted octanol–water partition coefficient (Wildman–Crippen LogP) is 3.60. The molecule has 29 heavy (non-hydrogen) atoms. The maximum absolute atomic E-state index is 5.57. The Balaban J connectivity index is 0.00000205. The van der Waals surface area contributed by atoms with Crippen molar-refractivity contribution in [2.24, 2.45) is 11.8 Å². The van der Waals surface area contributed by atoms with Crippen molar-refractivity contribution >= 4 is 12.4 Å². The second-order valence-electron chi connectivity index (χ2n) is 8.91. The van der Waals surface area contributed by atoms with Gasteiger partial charge in [0.2, 0.25) is 0 Å². The first-order valence-corrected chi connectivity index (χ1v) is 11.0. The molecule has 3 aliphatic heterocycles. The topological polar surface area (TPSA) is 19.0 Å². The quantitative estimate of drug-likeness (QED) is 0.698. The first-order valence-electron chi connectivity index (χ1n) is 11.0. The summed E-state index contributed by atoms with van der Waals surface area (Å²) in [6, 6.07) is 0.958. The zero-order valence-electron chi connectivity index (χ0n) is 17.7. The third-order valence-electron chi connectivity index (χ3n) is 7.40. The van der Waals surface area contributed by atoms with Gasteiger partial charge >= 0.3 is 0 Å². The molecule has 2 fully saturated rings. The fourth-order valence-electron chi connectivity index (χ4n) is 5.82. The molecule has 0 N–H and O–H groups in total. The van der Waals surface area contributed by atoms with Crippen LogP contribution in [0.1, 0.15) is 19.3 Å². The Hall–Kier alpha value is -1.49. The number of ether oxygens (including phenoxy) is 1. The second kappa shape index (κ2) is 8.71. The highest BCUT2D eigenvalue weighted by Crippen LogP contribution is 2.47. The van der Waals surface area contributed by atoms with Crippen molar-refractivity contribution < 1.29 is 4.74 Å². The van der Waals surface area contributed by atoms with Gasteiger partial charge in [0.25, 0.3) is 0 Å². The zero-order valence-corrected chi connectivity index (χ0v) is 18.5. The fourth-order valence-corrected chi connectivity index (χ4v) is 5.82. The smallest absolute Gasteiger partial charge is 0.114 e. The molecule has 2 aliphatic carbocycles. The lowest BCUT2D eigenvalue weighted by Gasteiger charge is -2.37. The minimum atomic E-state index is 0. The fraction of sp³-hybridized carbons (Fsp3) is 0.583. The highest BCUT2D eigenvalue weighted by Gasteiger charge is 2.48. The Bertz CT molecular complexity index is 762. The number of allylic oxidation sites excluding steroid dienone is 4. The number of rotatable bonds is 4. The van der Waals surface area contributed by atoms with Gasteiger partial charge in [-0.1, -0.05) is 24.6 Å². The van der Waals surface area contributed by atoms with Crippen LogP contribution < -0.4 is 0 Å². The average Bonchev–Trinajstić information content (AvgIpc) is 3.04.